The van der Waals surface area contributed by atoms with Gasteiger partial charge in [0.1, 0.15) is 17.1 Å². The van der Waals surface area contributed by atoms with Crippen molar-refractivity contribution in [2.75, 3.05) is 6.61 Å². The number of esters is 1. The highest BCUT2D eigenvalue weighted by Crippen LogP contribution is 2.25. The molecule has 8 heteroatoms. The van der Waals surface area contributed by atoms with E-state index in [1.807, 2.05) is 0 Å². The fourth-order valence-corrected chi connectivity index (χ4v) is 2.29. The molecule has 0 unspecified atom stereocenters. The molecule has 2 aromatic carbocycles. The zero-order chi connectivity index (χ0) is 20.5. The van der Waals surface area contributed by atoms with Gasteiger partial charge in [-0.2, -0.15) is 0 Å². The maximum atomic E-state index is 12.3. The standard InChI is InChI=1S/C21H17N3O5/c25-19(23-24-20(26)15-7-2-1-3-8-15)14-28-21(27)17-10-4-5-11-18(17)29-16-9-6-12-22-13-16/h1-13H,14H2,(H,23,25)(H,24,26). The SMILES string of the molecule is O=C(COC(=O)c1ccccc1Oc1cccnc1)NNC(=O)c1ccccc1. The van der Waals surface area contributed by atoms with Crippen molar-refractivity contribution in [2.45, 2.75) is 0 Å². The summed E-state index contributed by atoms with van der Waals surface area (Å²) in [5.41, 5.74) is 4.96. The molecule has 0 bridgehead atoms. The van der Waals surface area contributed by atoms with Crippen LogP contribution in [0.25, 0.3) is 0 Å². The van der Waals surface area contributed by atoms with Crippen molar-refractivity contribution in [3.8, 4) is 11.5 Å². The average Bonchev–Trinajstić information content (AvgIpc) is 2.77. The van der Waals surface area contributed by atoms with Crippen molar-refractivity contribution in [1.29, 1.82) is 0 Å². The number of ether oxygens (including phenoxy) is 2. The van der Waals surface area contributed by atoms with Crippen LogP contribution in [0.2, 0.25) is 0 Å². The van der Waals surface area contributed by atoms with Crippen LogP contribution in [0.3, 0.4) is 0 Å². The number of hydrogen-bond donors (Lipinski definition) is 2. The summed E-state index contributed by atoms with van der Waals surface area (Å²) in [6, 6.07) is 18.2. The summed E-state index contributed by atoms with van der Waals surface area (Å²) in [7, 11) is 0. The van der Waals surface area contributed by atoms with E-state index in [-0.39, 0.29) is 11.3 Å². The molecule has 0 atom stereocenters. The van der Waals surface area contributed by atoms with Crippen molar-refractivity contribution in [2.24, 2.45) is 0 Å². The highest BCUT2D eigenvalue weighted by molar-refractivity contribution is 5.96. The van der Waals surface area contributed by atoms with E-state index in [0.717, 1.165) is 0 Å². The monoisotopic (exact) mass is 391 g/mol. The van der Waals surface area contributed by atoms with Gasteiger partial charge in [0.2, 0.25) is 0 Å². The summed E-state index contributed by atoms with van der Waals surface area (Å²) in [5.74, 6) is -1.19. The quantitative estimate of drug-likeness (QED) is 0.494. The topological polar surface area (TPSA) is 107 Å². The van der Waals surface area contributed by atoms with Gasteiger partial charge in [0.05, 0.1) is 6.20 Å². The summed E-state index contributed by atoms with van der Waals surface area (Å²) < 4.78 is 10.7. The smallest absolute Gasteiger partial charge is 0.342 e. The highest BCUT2D eigenvalue weighted by atomic mass is 16.5. The molecule has 2 N–H and O–H groups in total. The van der Waals surface area contributed by atoms with E-state index in [1.54, 1.807) is 66.9 Å². The lowest BCUT2D eigenvalue weighted by Crippen LogP contribution is -2.43. The summed E-state index contributed by atoms with van der Waals surface area (Å²) in [6.07, 6.45) is 3.10. The van der Waals surface area contributed by atoms with Gasteiger partial charge in [-0.15, -0.1) is 0 Å². The van der Waals surface area contributed by atoms with Crippen LogP contribution in [-0.2, 0) is 9.53 Å². The number of rotatable bonds is 6. The molecule has 0 saturated heterocycles. The van der Waals surface area contributed by atoms with E-state index in [9.17, 15) is 14.4 Å². The molecule has 0 aliphatic carbocycles. The van der Waals surface area contributed by atoms with Crippen LogP contribution in [-0.4, -0.2) is 29.4 Å². The van der Waals surface area contributed by atoms with E-state index in [2.05, 4.69) is 15.8 Å². The number of nitrogens with zero attached hydrogens (tertiary/aromatic N) is 1. The summed E-state index contributed by atoms with van der Waals surface area (Å²) in [6.45, 7) is -0.574. The van der Waals surface area contributed by atoms with Gasteiger partial charge in [0.15, 0.2) is 6.61 Å². The Bertz CT molecular complexity index is 993. The molecule has 1 heterocycles. The van der Waals surface area contributed by atoms with Crippen molar-refractivity contribution >= 4 is 17.8 Å². The van der Waals surface area contributed by atoms with E-state index >= 15 is 0 Å². The predicted molar refractivity (Wildman–Crippen MR) is 103 cm³/mol. The second-order valence-corrected chi connectivity index (χ2v) is 5.73. The number of pyridine rings is 1. The maximum absolute atomic E-state index is 12.3. The molecule has 0 spiro atoms. The molecule has 0 aliphatic heterocycles. The largest absolute Gasteiger partial charge is 0.455 e. The minimum absolute atomic E-state index is 0.150. The average molecular weight is 391 g/mol. The third-order valence-electron chi connectivity index (χ3n) is 3.65. The number of para-hydroxylation sites is 1. The van der Waals surface area contributed by atoms with E-state index in [0.29, 0.717) is 11.3 Å². The summed E-state index contributed by atoms with van der Waals surface area (Å²) >= 11 is 0. The lowest BCUT2D eigenvalue weighted by Gasteiger charge is -2.11. The van der Waals surface area contributed by atoms with Gasteiger partial charge in [-0.3, -0.25) is 25.4 Å². The molecule has 146 valence electrons. The van der Waals surface area contributed by atoms with Gasteiger partial charge < -0.3 is 9.47 Å². The fraction of sp³-hybridized carbons (Fsp3) is 0.0476. The number of aromatic nitrogens is 1. The Kier molecular flexibility index (Phi) is 6.51. The van der Waals surface area contributed by atoms with Crippen molar-refractivity contribution < 1.29 is 23.9 Å². The first-order chi connectivity index (χ1) is 14.1. The first kappa shape index (κ1) is 19.6. The molecule has 0 aliphatic rings. The molecule has 2 amide bonds. The third-order valence-corrected chi connectivity index (χ3v) is 3.65. The van der Waals surface area contributed by atoms with Crippen LogP contribution in [0.4, 0.5) is 0 Å². The molecule has 3 aromatic rings. The highest BCUT2D eigenvalue weighted by Gasteiger charge is 2.16. The van der Waals surface area contributed by atoms with Gasteiger partial charge in [-0.1, -0.05) is 30.3 Å². The fourth-order valence-electron chi connectivity index (χ4n) is 2.29. The zero-order valence-corrected chi connectivity index (χ0v) is 15.2. The zero-order valence-electron chi connectivity index (χ0n) is 15.2. The predicted octanol–water partition coefficient (Wildman–Crippen LogP) is 2.49. The molecule has 0 fully saturated rings. The molecular formula is C21H17N3O5. The minimum atomic E-state index is -0.742. The maximum Gasteiger partial charge on any atom is 0.342 e. The molecular weight excluding hydrogens is 374 g/mol. The van der Waals surface area contributed by atoms with Crippen molar-refractivity contribution in [3.05, 3.63) is 90.3 Å². The molecule has 3 rings (SSSR count). The van der Waals surface area contributed by atoms with Gasteiger partial charge in [0, 0.05) is 11.8 Å². The third kappa shape index (κ3) is 5.64. The molecule has 0 saturated carbocycles. The summed E-state index contributed by atoms with van der Waals surface area (Å²) in [4.78, 5) is 40.0. The van der Waals surface area contributed by atoms with Crippen molar-refractivity contribution in [1.82, 2.24) is 15.8 Å². The number of hydrogen-bond acceptors (Lipinski definition) is 6. The van der Waals surface area contributed by atoms with Gasteiger partial charge >= 0.3 is 5.97 Å². The lowest BCUT2D eigenvalue weighted by molar-refractivity contribution is -0.125. The first-order valence-electron chi connectivity index (χ1n) is 8.62. The number of nitrogens with one attached hydrogen (secondary N) is 2. The van der Waals surface area contributed by atoms with Gasteiger partial charge in [-0.25, -0.2) is 4.79 Å². The van der Waals surface area contributed by atoms with Crippen molar-refractivity contribution in [3.63, 3.8) is 0 Å². The Morgan fingerprint density at radius 1 is 0.862 bits per heavy atom. The number of carbonyl (C=O) groups excluding carboxylic acids is 3. The van der Waals surface area contributed by atoms with E-state index in [4.69, 9.17) is 9.47 Å². The Labute approximate surface area is 166 Å². The Balaban J connectivity index is 1.53. The second-order valence-electron chi connectivity index (χ2n) is 5.73. The second kappa shape index (κ2) is 9.65. The van der Waals surface area contributed by atoms with Crippen LogP contribution in [0.15, 0.2) is 79.1 Å². The van der Waals surface area contributed by atoms with Crippen LogP contribution < -0.4 is 15.6 Å². The molecule has 29 heavy (non-hydrogen) atoms. The Morgan fingerprint density at radius 3 is 2.38 bits per heavy atom. The Morgan fingerprint density at radius 2 is 1.62 bits per heavy atom. The molecule has 0 radical (unpaired) electrons. The van der Waals surface area contributed by atoms with Gasteiger partial charge in [-0.05, 0) is 36.4 Å². The normalized spacial score (nSPS) is 9.93. The minimum Gasteiger partial charge on any atom is -0.455 e. The number of hydrazine groups is 1. The van der Waals surface area contributed by atoms with Crippen LogP contribution in [0, 0.1) is 0 Å². The Hall–Kier alpha value is -4.20. The molecule has 8 nitrogen and oxygen atoms in total. The number of amides is 2. The van der Waals surface area contributed by atoms with Crippen LogP contribution in [0.1, 0.15) is 20.7 Å². The number of carbonyl (C=O) groups is 3. The molecule has 1 aromatic heterocycles. The lowest BCUT2D eigenvalue weighted by atomic mass is 10.2. The van der Waals surface area contributed by atoms with E-state index < -0.39 is 24.4 Å². The van der Waals surface area contributed by atoms with E-state index in [1.165, 1.54) is 12.3 Å². The van der Waals surface area contributed by atoms with Crippen LogP contribution >= 0.6 is 0 Å². The summed E-state index contributed by atoms with van der Waals surface area (Å²) in [5, 5.41) is 0. The number of benzene rings is 2. The van der Waals surface area contributed by atoms with Gasteiger partial charge in [0.25, 0.3) is 11.8 Å². The van der Waals surface area contributed by atoms with Crippen LogP contribution in [0.5, 0.6) is 11.5 Å². The first-order valence-corrected chi connectivity index (χ1v) is 8.62.